The minimum atomic E-state index is -0.373. The summed E-state index contributed by atoms with van der Waals surface area (Å²) in [6.07, 6.45) is 2.19. The van der Waals surface area contributed by atoms with Gasteiger partial charge in [0, 0.05) is 12.3 Å². The number of hydrogen-bond donors (Lipinski definition) is 1. The summed E-state index contributed by atoms with van der Waals surface area (Å²) >= 11 is 0. The van der Waals surface area contributed by atoms with E-state index in [4.69, 9.17) is 5.11 Å². The maximum atomic E-state index is 11.2. The standard InChI is InChI=1S/C10H16O3/c1-10(2)7(3-4-11)5-8(10)9(13)6-12/h4,7-8,12H,3,5-6H2,1-2H3/t7-,8-/m0/s1. The van der Waals surface area contributed by atoms with E-state index in [1.54, 1.807) is 0 Å². The van der Waals surface area contributed by atoms with Crippen molar-refractivity contribution in [3.63, 3.8) is 0 Å². The van der Waals surface area contributed by atoms with Gasteiger partial charge in [0.1, 0.15) is 12.9 Å². The van der Waals surface area contributed by atoms with Crippen LogP contribution in [0.3, 0.4) is 0 Å². The number of aliphatic hydroxyl groups is 1. The molecule has 0 unspecified atom stereocenters. The molecule has 0 saturated heterocycles. The van der Waals surface area contributed by atoms with Gasteiger partial charge in [-0.05, 0) is 17.8 Å². The van der Waals surface area contributed by atoms with Gasteiger partial charge in [0.25, 0.3) is 0 Å². The van der Waals surface area contributed by atoms with Crippen molar-refractivity contribution < 1.29 is 14.7 Å². The molecule has 0 aromatic heterocycles. The second-order valence-electron chi connectivity index (χ2n) is 4.33. The Labute approximate surface area is 78.1 Å². The first kappa shape index (κ1) is 10.4. The molecule has 0 aliphatic heterocycles. The van der Waals surface area contributed by atoms with Crippen molar-refractivity contribution in [2.75, 3.05) is 6.61 Å². The number of ketones is 1. The van der Waals surface area contributed by atoms with E-state index in [0.29, 0.717) is 12.3 Å². The van der Waals surface area contributed by atoms with Crippen molar-refractivity contribution in [1.29, 1.82) is 0 Å². The van der Waals surface area contributed by atoms with Gasteiger partial charge in [0.2, 0.25) is 0 Å². The summed E-state index contributed by atoms with van der Waals surface area (Å²) in [5.41, 5.74) is -0.110. The number of aliphatic hydroxyl groups excluding tert-OH is 1. The SMILES string of the molecule is CC1(C)[C@@H](CC=O)C[C@H]1C(=O)CO. The summed E-state index contributed by atoms with van der Waals surface area (Å²) in [4.78, 5) is 21.5. The quantitative estimate of drug-likeness (QED) is 0.657. The lowest BCUT2D eigenvalue weighted by molar-refractivity contribution is -0.142. The molecule has 1 N–H and O–H groups in total. The largest absolute Gasteiger partial charge is 0.389 e. The molecule has 0 radical (unpaired) electrons. The number of carbonyl (C=O) groups excluding carboxylic acids is 2. The first-order chi connectivity index (χ1) is 6.04. The maximum Gasteiger partial charge on any atom is 0.161 e. The lowest BCUT2D eigenvalue weighted by Gasteiger charge is -2.50. The van der Waals surface area contributed by atoms with Crippen LogP contribution in [0.25, 0.3) is 0 Å². The minimum absolute atomic E-state index is 0.0533. The molecule has 3 heteroatoms. The highest BCUT2D eigenvalue weighted by Crippen LogP contribution is 2.52. The molecule has 1 fully saturated rings. The second kappa shape index (κ2) is 3.58. The topological polar surface area (TPSA) is 54.4 Å². The zero-order chi connectivity index (χ0) is 10.1. The Balaban J connectivity index is 2.58. The Kier molecular flexibility index (Phi) is 2.86. The van der Waals surface area contributed by atoms with Crippen molar-refractivity contribution >= 4 is 12.1 Å². The first-order valence-electron chi connectivity index (χ1n) is 4.61. The van der Waals surface area contributed by atoms with Gasteiger partial charge in [-0.25, -0.2) is 0 Å². The van der Waals surface area contributed by atoms with Crippen molar-refractivity contribution in [3.8, 4) is 0 Å². The predicted octanol–water partition coefficient (Wildman–Crippen LogP) is 0.799. The Morgan fingerprint density at radius 3 is 2.62 bits per heavy atom. The Hall–Kier alpha value is -0.700. The Morgan fingerprint density at radius 2 is 2.23 bits per heavy atom. The van der Waals surface area contributed by atoms with Crippen LogP contribution in [0, 0.1) is 17.3 Å². The molecular formula is C10H16O3. The van der Waals surface area contributed by atoms with Gasteiger partial charge in [0.05, 0.1) is 0 Å². The molecule has 0 aromatic carbocycles. The zero-order valence-corrected chi connectivity index (χ0v) is 8.12. The molecule has 3 nitrogen and oxygen atoms in total. The number of aldehydes is 1. The second-order valence-corrected chi connectivity index (χ2v) is 4.33. The molecule has 13 heavy (non-hydrogen) atoms. The first-order valence-corrected chi connectivity index (χ1v) is 4.61. The van der Waals surface area contributed by atoms with Crippen LogP contribution in [0.2, 0.25) is 0 Å². The Bertz CT molecular complexity index is 220. The van der Waals surface area contributed by atoms with Crippen molar-refractivity contribution in [3.05, 3.63) is 0 Å². The fraction of sp³-hybridized carbons (Fsp3) is 0.800. The normalized spacial score (nSPS) is 30.7. The predicted molar refractivity (Wildman–Crippen MR) is 48.2 cm³/mol. The highest BCUT2D eigenvalue weighted by atomic mass is 16.3. The third kappa shape index (κ3) is 1.66. The number of rotatable bonds is 4. The highest BCUT2D eigenvalue weighted by Gasteiger charge is 2.50. The molecule has 0 amide bonds. The van der Waals surface area contributed by atoms with Crippen LogP contribution < -0.4 is 0 Å². The van der Waals surface area contributed by atoms with Gasteiger partial charge in [-0.15, -0.1) is 0 Å². The van der Waals surface area contributed by atoms with Gasteiger partial charge >= 0.3 is 0 Å². The summed E-state index contributed by atoms with van der Waals surface area (Å²) in [6.45, 7) is 3.60. The lowest BCUT2D eigenvalue weighted by atomic mass is 9.53. The van der Waals surface area contributed by atoms with E-state index in [9.17, 15) is 9.59 Å². The average molecular weight is 184 g/mol. The third-order valence-electron chi connectivity index (χ3n) is 3.40. The van der Waals surface area contributed by atoms with E-state index >= 15 is 0 Å². The fourth-order valence-corrected chi connectivity index (χ4v) is 2.19. The van der Waals surface area contributed by atoms with Gasteiger partial charge in [-0.2, -0.15) is 0 Å². The van der Waals surface area contributed by atoms with Crippen molar-refractivity contribution in [1.82, 2.24) is 0 Å². The summed E-state index contributed by atoms with van der Waals surface area (Å²) in [5.74, 6) is 0.167. The van der Waals surface area contributed by atoms with E-state index in [-0.39, 0.29) is 23.7 Å². The molecule has 1 aliphatic rings. The molecule has 1 aliphatic carbocycles. The highest BCUT2D eigenvalue weighted by molar-refractivity contribution is 5.83. The summed E-state index contributed by atoms with van der Waals surface area (Å²) in [7, 11) is 0. The number of Topliss-reactive ketones (excluding diaryl/α,β-unsaturated/α-hetero) is 1. The van der Waals surface area contributed by atoms with Crippen LogP contribution in [0.4, 0.5) is 0 Å². The van der Waals surface area contributed by atoms with Gasteiger partial charge in [-0.1, -0.05) is 13.8 Å². The molecule has 1 saturated carbocycles. The molecule has 2 atom stereocenters. The van der Waals surface area contributed by atoms with E-state index in [0.717, 1.165) is 12.7 Å². The molecule has 0 aromatic rings. The van der Waals surface area contributed by atoms with E-state index in [2.05, 4.69) is 0 Å². The molecule has 0 bridgehead atoms. The van der Waals surface area contributed by atoms with Crippen LogP contribution in [-0.4, -0.2) is 23.8 Å². The van der Waals surface area contributed by atoms with Crippen LogP contribution in [0.1, 0.15) is 26.7 Å². The zero-order valence-electron chi connectivity index (χ0n) is 8.12. The molecule has 1 rings (SSSR count). The smallest absolute Gasteiger partial charge is 0.161 e. The van der Waals surface area contributed by atoms with E-state index < -0.39 is 0 Å². The van der Waals surface area contributed by atoms with Crippen LogP contribution in [0.5, 0.6) is 0 Å². The average Bonchev–Trinajstić information content (AvgIpc) is 2.10. The van der Waals surface area contributed by atoms with Crippen LogP contribution in [0.15, 0.2) is 0 Å². The summed E-state index contributed by atoms with van der Waals surface area (Å²) < 4.78 is 0. The van der Waals surface area contributed by atoms with Gasteiger partial charge < -0.3 is 9.90 Å². The minimum Gasteiger partial charge on any atom is -0.389 e. The van der Waals surface area contributed by atoms with E-state index in [1.807, 2.05) is 13.8 Å². The molecule has 74 valence electrons. The third-order valence-corrected chi connectivity index (χ3v) is 3.40. The summed E-state index contributed by atoms with van der Waals surface area (Å²) in [5, 5.41) is 8.70. The van der Waals surface area contributed by atoms with Crippen LogP contribution in [-0.2, 0) is 9.59 Å². The van der Waals surface area contributed by atoms with Crippen molar-refractivity contribution in [2.24, 2.45) is 17.3 Å². The van der Waals surface area contributed by atoms with Gasteiger partial charge in [-0.3, -0.25) is 4.79 Å². The molecule has 0 heterocycles. The number of carbonyl (C=O) groups is 2. The summed E-state index contributed by atoms with van der Waals surface area (Å²) in [6, 6.07) is 0. The number of hydrogen-bond acceptors (Lipinski definition) is 3. The van der Waals surface area contributed by atoms with Crippen molar-refractivity contribution in [2.45, 2.75) is 26.7 Å². The molecule has 0 spiro atoms. The lowest BCUT2D eigenvalue weighted by Crippen LogP contribution is -2.49. The van der Waals surface area contributed by atoms with Crippen LogP contribution >= 0.6 is 0 Å². The monoisotopic (exact) mass is 184 g/mol. The fourth-order valence-electron chi connectivity index (χ4n) is 2.19. The maximum absolute atomic E-state index is 11.2. The Morgan fingerprint density at radius 1 is 1.62 bits per heavy atom. The van der Waals surface area contributed by atoms with Gasteiger partial charge in [0.15, 0.2) is 5.78 Å². The van der Waals surface area contributed by atoms with E-state index in [1.165, 1.54) is 0 Å². The molecular weight excluding hydrogens is 168 g/mol.